The molecule has 4 fully saturated rings. The van der Waals surface area contributed by atoms with Gasteiger partial charge in [0.1, 0.15) is 0 Å². The summed E-state index contributed by atoms with van der Waals surface area (Å²) in [5, 5.41) is 3.93. The van der Waals surface area contributed by atoms with Crippen LogP contribution in [0.2, 0.25) is 0 Å². The molecule has 0 saturated heterocycles. The fourth-order valence-corrected chi connectivity index (χ4v) is 6.49. The van der Waals surface area contributed by atoms with E-state index in [1.54, 1.807) is 0 Å². The molecule has 4 rings (SSSR count). The Bertz CT molecular complexity index is 413. The lowest BCUT2D eigenvalue weighted by molar-refractivity contribution is -0.118. The van der Waals surface area contributed by atoms with Crippen molar-refractivity contribution < 1.29 is 0 Å². The van der Waals surface area contributed by atoms with Gasteiger partial charge >= 0.3 is 0 Å². The first-order chi connectivity index (χ1) is 10.1. The Morgan fingerprint density at radius 1 is 1.19 bits per heavy atom. The van der Waals surface area contributed by atoms with Crippen molar-refractivity contribution in [3.05, 3.63) is 0 Å². The highest BCUT2D eigenvalue weighted by atomic mass is 14.9. The van der Waals surface area contributed by atoms with Gasteiger partial charge in [-0.05, 0) is 87.5 Å². The predicted octanol–water partition coefficient (Wildman–Crippen LogP) is 4.76. The van der Waals surface area contributed by atoms with Gasteiger partial charge in [-0.1, -0.05) is 13.8 Å². The van der Waals surface area contributed by atoms with E-state index < -0.39 is 0 Å². The molecule has 0 radical (unpaired) electrons. The van der Waals surface area contributed by atoms with Crippen LogP contribution in [0, 0.1) is 34.5 Å². The third kappa shape index (κ3) is 3.02. The summed E-state index contributed by atoms with van der Waals surface area (Å²) in [5.74, 6) is 8.44. The van der Waals surface area contributed by atoms with E-state index in [0.29, 0.717) is 16.9 Å². The average molecular weight is 287 g/mol. The largest absolute Gasteiger partial charge is 0.313 e. The molecule has 4 aliphatic rings. The van der Waals surface area contributed by atoms with Gasteiger partial charge in [-0.25, -0.2) is 0 Å². The van der Waals surface area contributed by atoms with Crippen LogP contribution in [0.1, 0.15) is 78.6 Å². The van der Waals surface area contributed by atoms with Crippen LogP contribution in [-0.4, -0.2) is 12.6 Å². The molecule has 4 aliphatic carbocycles. The first-order valence-corrected chi connectivity index (χ1v) is 9.22. The molecule has 0 spiro atoms. The van der Waals surface area contributed by atoms with Crippen LogP contribution in [0.3, 0.4) is 0 Å². The van der Waals surface area contributed by atoms with Crippen molar-refractivity contribution in [3.63, 3.8) is 0 Å². The highest BCUT2D eigenvalue weighted by Gasteiger charge is 2.57. The maximum absolute atomic E-state index is 3.93. The molecule has 0 aromatic heterocycles. The minimum absolute atomic E-state index is 0.601. The lowest BCUT2D eigenvalue weighted by Gasteiger charge is -2.63. The van der Waals surface area contributed by atoms with E-state index in [9.17, 15) is 0 Å². The van der Waals surface area contributed by atoms with Crippen molar-refractivity contribution >= 4 is 0 Å². The molecule has 4 saturated carbocycles. The Morgan fingerprint density at radius 3 is 2.48 bits per heavy atom. The molecule has 21 heavy (non-hydrogen) atoms. The monoisotopic (exact) mass is 287 g/mol. The Morgan fingerprint density at radius 2 is 1.90 bits per heavy atom. The summed E-state index contributed by atoms with van der Waals surface area (Å²) in [4.78, 5) is 0. The van der Waals surface area contributed by atoms with Crippen LogP contribution in [0.15, 0.2) is 0 Å². The van der Waals surface area contributed by atoms with Crippen molar-refractivity contribution in [2.24, 2.45) is 22.7 Å². The quantitative estimate of drug-likeness (QED) is 0.694. The molecule has 1 N–H and O–H groups in total. The lowest BCUT2D eigenvalue weighted by atomic mass is 9.43. The smallest absolute Gasteiger partial charge is 0.0133 e. The topological polar surface area (TPSA) is 12.0 Å². The molecule has 0 amide bonds. The van der Waals surface area contributed by atoms with Gasteiger partial charge in [0.25, 0.3) is 0 Å². The fourth-order valence-electron chi connectivity index (χ4n) is 6.49. The Labute approximate surface area is 131 Å². The number of nitrogens with one attached hydrogen (secondary N) is 1. The average Bonchev–Trinajstić information content (AvgIpc) is 2.39. The van der Waals surface area contributed by atoms with Gasteiger partial charge < -0.3 is 5.32 Å². The van der Waals surface area contributed by atoms with E-state index in [1.165, 1.54) is 57.9 Å². The second-order valence-electron chi connectivity index (χ2n) is 8.61. The number of rotatable bonds is 6. The summed E-state index contributed by atoms with van der Waals surface area (Å²) in [7, 11) is 0. The molecule has 1 nitrogen and oxygen atoms in total. The molecule has 0 aromatic carbocycles. The van der Waals surface area contributed by atoms with Crippen molar-refractivity contribution in [3.8, 4) is 11.8 Å². The van der Waals surface area contributed by atoms with Gasteiger partial charge in [0, 0.05) is 12.5 Å². The van der Waals surface area contributed by atoms with Gasteiger partial charge in [-0.15, -0.1) is 11.8 Å². The minimum atomic E-state index is 0.601. The van der Waals surface area contributed by atoms with Crippen LogP contribution in [0.25, 0.3) is 0 Å². The zero-order chi connectivity index (χ0) is 14.9. The van der Waals surface area contributed by atoms with E-state index in [0.717, 1.165) is 18.3 Å². The van der Waals surface area contributed by atoms with Gasteiger partial charge in [0.15, 0.2) is 0 Å². The highest BCUT2D eigenvalue weighted by Crippen LogP contribution is 2.66. The maximum Gasteiger partial charge on any atom is 0.0133 e. The zero-order valence-corrected chi connectivity index (χ0v) is 14.3. The molecule has 0 aromatic rings. The molecule has 4 bridgehead atoms. The Kier molecular flexibility index (Phi) is 4.37. The van der Waals surface area contributed by atoms with Crippen molar-refractivity contribution in [1.29, 1.82) is 0 Å². The summed E-state index contributed by atoms with van der Waals surface area (Å²) in [6.45, 7) is 8.02. The number of hydrogen-bond donors (Lipinski definition) is 1. The van der Waals surface area contributed by atoms with Gasteiger partial charge in [0.05, 0.1) is 0 Å². The van der Waals surface area contributed by atoms with Crippen LogP contribution in [0.5, 0.6) is 0 Å². The van der Waals surface area contributed by atoms with Crippen LogP contribution < -0.4 is 5.32 Å². The van der Waals surface area contributed by atoms with Crippen LogP contribution in [0.4, 0.5) is 0 Å². The summed E-state index contributed by atoms with van der Waals surface area (Å²) >= 11 is 0. The van der Waals surface area contributed by atoms with E-state index >= 15 is 0 Å². The molecule has 0 aliphatic heterocycles. The summed E-state index contributed by atoms with van der Waals surface area (Å²) < 4.78 is 0. The number of hydrogen-bond acceptors (Lipinski definition) is 1. The molecular formula is C20H33N. The second kappa shape index (κ2) is 5.96. The predicted molar refractivity (Wildman–Crippen MR) is 90.0 cm³/mol. The normalized spacial score (nSPS) is 41.7. The van der Waals surface area contributed by atoms with Crippen molar-refractivity contribution in [2.75, 3.05) is 6.54 Å². The molecule has 0 heterocycles. The Hall–Kier alpha value is -0.480. The second-order valence-corrected chi connectivity index (χ2v) is 8.61. The maximum atomic E-state index is 3.93. The van der Waals surface area contributed by atoms with Gasteiger partial charge in [0.2, 0.25) is 0 Å². The SMILES string of the molecule is CC#CCCC(NCCC)C12CC3CC(CC(C)(C3)C1)C2. The molecular weight excluding hydrogens is 254 g/mol. The van der Waals surface area contributed by atoms with E-state index in [1.807, 2.05) is 6.92 Å². The van der Waals surface area contributed by atoms with Crippen molar-refractivity contribution in [2.45, 2.75) is 84.6 Å². The summed E-state index contributed by atoms with van der Waals surface area (Å²) in [6.07, 6.45) is 12.6. The van der Waals surface area contributed by atoms with Crippen molar-refractivity contribution in [1.82, 2.24) is 5.32 Å². The molecule has 3 unspecified atom stereocenters. The third-order valence-corrected chi connectivity index (χ3v) is 6.51. The molecule has 118 valence electrons. The van der Waals surface area contributed by atoms with Gasteiger partial charge in [-0.3, -0.25) is 0 Å². The Balaban J connectivity index is 1.77. The van der Waals surface area contributed by atoms with Gasteiger partial charge in [-0.2, -0.15) is 0 Å². The third-order valence-electron chi connectivity index (χ3n) is 6.51. The summed E-state index contributed by atoms with van der Waals surface area (Å²) in [6, 6.07) is 0.712. The fraction of sp³-hybridized carbons (Fsp3) is 0.900. The first-order valence-electron chi connectivity index (χ1n) is 9.22. The highest BCUT2D eigenvalue weighted by molar-refractivity contribution is 5.10. The van der Waals surface area contributed by atoms with E-state index in [2.05, 4.69) is 31.0 Å². The first kappa shape index (κ1) is 15.4. The van der Waals surface area contributed by atoms with E-state index in [4.69, 9.17) is 0 Å². The van der Waals surface area contributed by atoms with Crippen LogP contribution >= 0.6 is 0 Å². The van der Waals surface area contributed by atoms with Crippen LogP contribution in [-0.2, 0) is 0 Å². The standard InChI is InChI=1S/C20H33N/c1-4-6-7-8-18(21-9-5-2)20-13-16-10-17(14-20)12-19(3,11-16)15-20/h16-18,21H,5,7-15H2,1-3H3. The van der Waals surface area contributed by atoms with E-state index in [-0.39, 0.29) is 0 Å². The zero-order valence-electron chi connectivity index (χ0n) is 14.3. The summed E-state index contributed by atoms with van der Waals surface area (Å²) in [5.41, 5.74) is 1.26. The molecule has 3 atom stereocenters. The minimum Gasteiger partial charge on any atom is -0.313 e. The molecule has 1 heteroatoms. The lowest BCUT2D eigenvalue weighted by Crippen LogP contribution is -2.58.